The van der Waals surface area contributed by atoms with Crippen LogP contribution in [-0.4, -0.2) is 33.5 Å². The maximum absolute atomic E-state index is 5.17. The lowest BCUT2D eigenvalue weighted by molar-refractivity contribution is 1.07. The van der Waals surface area contributed by atoms with Gasteiger partial charge in [-0.25, -0.2) is 19.9 Å². The van der Waals surface area contributed by atoms with Crippen molar-refractivity contribution in [1.29, 1.82) is 0 Å². The van der Waals surface area contributed by atoms with Gasteiger partial charge in [-0.3, -0.25) is 8.97 Å². The van der Waals surface area contributed by atoms with E-state index in [9.17, 15) is 0 Å². The summed E-state index contributed by atoms with van der Waals surface area (Å²) in [6, 6.07) is 69.8. The van der Waals surface area contributed by atoms with E-state index in [1.807, 2.05) is 66.7 Å². The third kappa shape index (κ3) is 5.36. The zero-order valence-corrected chi connectivity index (χ0v) is 31.7. The Balaban J connectivity index is 0.995. The van der Waals surface area contributed by atoms with Crippen LogP contribution in [0.5, 0.6) is 0 Å². The van der Waals surface area contributed by atoms with Gasteiger partial charge >= 0.3 is 0 Å². The molecule has 0 unspecified atom stereocenters. The summed E-state index contributed by atoms with van der Waals surface area (Å²) in [5.74, 6) is 2.80. The molecule has 12 aromatic rings. The second-order valence-electron chi connectivity index (χ2n) is 14.8. The van der Waals surface area contributed by atoms with Gasteiger partial charge in [-0.1, -0.05) is 133 Å². The van der Waals surface area contributed by atoms with Gasteiger partial charge in [0.05, 0.1) is 33.1 Å². The van der Waals surface area contributed by atoms with Gasteiger partial charge in [-0.15, -0.1) is 0 Å². The fourth-order valence-corrected chi connectivity index (χ4v) is 8.56. The largest absolute Gasteiger partial charge is 0.309 e. The van der Waals surface area contributed by atoms with Crippen molar-refractivity contribution in [2.75, 3.05) is 0 Å². The van der Waals surface area contributed by atoms with E-state index in [4.69, 9.17) is 19.9 Å². The van der Waals surface area contributed by atoms with Gasteiger partial charge in [-0.2, -0.15) is 0 Å². The first-order valence-electron chi connectivity index (χ1n) is 19.7. The smallest absolute Gasteiger partial charge is 0.220 e. The molecule has 4 aromatic heterocycles. The topological polar surface area (TPSA) is 65.8 Å². The van der Waals surface area contributed by atoms with Crippen LogP contribution in [0.2, 0.25) is 0 Å². The molecule has 0 amide bonds. The molecule has 12 rings (SSSR count). The van der Waals surface area contributed by atoms with Crippen molar-refractivity contribution in [1.82, 2.24) is 33.5 Å². The van der Waals surface area contributed by atoms with Crippen LogP contribution < -0.4 is 0 Å². The number of para-hydroxylation sites is 4. The minimum atomic E-state index is 0.624. The fraction of sp³-hybridized carbons (Fsp3) is 0. The highest BCUT2D eigenvalue weighted by Crippen LogP contribution is 2.37. The van der Waals surface area contributed by atoms with Gasteiger partial charge in [0.1, 0.15) is 0 Å². The molecule has 0 bridgehead atoms. The summed E-state index contributed by atoms with van der Waals surface area (Å²) in [5.41, 5.74) is 13.7. The summed E-state index contributed by atoms with van der Waals surface area (Å²) in [6.45, 7) is 0. The molecule has 0 N–H and O–H groups in total. The molecule has 7 nitrogen and oxygen atoms in total. The summed E-state index contributed by atoms with van der Waals surface area (Å²) >= 11 is 0. The molecule has 7 heteroatoms. The van der Waals surface area contributed by atoms with Crippen molar-refractivity contribution in [3.8, 4) is 56.7 Å². The molecule has 0 aliphatic heterocycles. The first kappa shape index (κ1) is 33.0. The van der Waals surface area contributed by atoms with Crippen LogP contribution in [0.15, 0.2) is 200 Å². The Morgan fingerprint density at radius 3 is 1.56 bits per heavy atom. The molecule has 0 spiro atoms. The van der Waals surface area contributed by atoms with Crippen LogP contribution in [-0.2, 0) is 0 Å². The highest BCUT2D eigenvalue weighted by molar-refractivity contribution is 6.10. The normalized spacial score (nSPS) is 11.7. The van der Waals surface area contributed by atoms with Crippen molar-refractivity contribution in [2.45, 2.75) is 0 Å². The van der Waals surface area contributed by atoms with Gasteiger partial charge in [-0.05, 0) is 77.9 Å². The second kappa shape index (κ2) is 13.2. The summed E-state index contributed by atoms with van der Waals surface area (Å²) < 4.78 is 6.88. The number of fused-ring (bicyclic) bond motifs is 8. The van der Waals surface area contributed by atoms with E-state index in [0.717, 1.165) is 78.1 Å². The van der Waals surface area contributed by atoms with E-state index in [1.165, 1.54) is 10.8 Å². The van der Waals surface area contributed by atoms with Crippen LogP contribution in [0.25, 0.3) is 106 Å². The van der Waals surface area contributed by atoms with Crippen LogP contribution in [0.3, 0.4) is 0 Å². The number of rotatable bonds is 6. The Labute approximate surface area is 338 Å². The van der Waals surface area contributed by atoms with E-state index in [1.54, 1.807) is 0 Å². The fourth-order valence-electron chi connectivity index (χ4n) is 8.56. The van der Waals surface area contributed by atoms with E-state index >= 15 is 0 Å². The monoisotopic (exact) mass is 755 g/mol. The molecule has 8 aromatic carbocycles. The third-order valence-corrected chi connectivity index (χ3v) is 11.3. The van der Waals surface area contributed by atoms with Crippen LogP contribution in [0.4, 0.5) is 0 Å². The summed E-state index contributed by atoms with van der Waals surface area (Å²) in [6.07, 6.45) is 0. The van der Waals surface area contributed by atoms with Gasteiger partial charge in [0, 0.05) is 38.8 Å². The average Bonchev–Trinajstić information content (AvgIpc) is 3.96. The Bertz CT molecular complexity index is 3490. The lowest BCUT2D eigenvalue weighted by atomic mass is 10.0. The molecule has 59 heavy (non-hydrogen) atoms. The molecule has 0 aliphatic carbocycles. The number of benzene rings is 8. The van der Waals surface area contributed by atoms with Crippen LogP contribution in [0, 0.1) is 0 Å². The highest BCUT2D eigenvalue weighted by Gasteiger charge is 2.19. The highest BCUT2D eigenvalue weighted by atomic mass is 15.2. The molecule has 0 aliphatic rings. The molecule has 0 saturated heterocycles. The van der Waals surface area contributed by atoms with Gasteiger partial charge in [0.15, 0.2) is 17.5 Å². The average molecular weight is 756 g/mol. The first-order valence-corrected chi connectivity index (χ1v) is 19.7. The third-order valence-electron chi connectivity index (χ3n) is 11.3. The van der Waals surface area contributed by atoms with E-state index in [0.29, 0.717) is 17.5 Å². The summed E-state index contributed by atoms with van der Waals surface area (Å²) in [5, 5.41) is 2.37. The van der Waals surface area contributed by atoms with Gasteiger partial charge < -0.3 is 4.57 Å². The van der Waals surface area contributed by atoms with Crippen molar-refractivity contribution in [3.63, 3.8) is 0 Å². The second-order valence-corrected chi connectivity index (χ2v) is 14.8. The standard InChI is InChI=1S/C52H33N7/c1-4-15-34(16-5-1)49-54-50(35-17-6-2-7-18-35)56-51(55-49)38-19-14-22-40(31-38)57-44-24-11-10-23-41(44)42-32-36(28-30-45(42)57)37-27-29-43-48(33-37)59-47-26-13-12-25-46(47)58(52(59)53-43)39-20-8-3-9-21-39/h1-33H. The van der Waals surface area contributed by atoms with Crippen molar-refractivity contribution in [3.05, 3.63) is 200 Å². The Morgan fingerprint density at radius 2 is 0.831 bits per heavy atom. The van der Waals surface area contributed by atoms with E-state index in [2.05, 4.69) is 147 Å². The molecule has 4 heterocycles. The number of hydrogen-bond donors (Lipinski definition) is 0. The van der Waals surface area contributed by atoms with Crippen LogP contribution in [0.1, 0.15) is 0 Å². The predicted molar refractivity (Wildman–Crippen MR) is 239 cm³/mol. The SMILES string of the molecule is c1ccc(-c2nc(-c3ccccc3)nc(-c3cccc(-n4c5ccccc5c5cc(-c6ccc7nc8n(-c9ccccc9)c9ccccc9n8c7c6)ccc54)c3)n2)cc1. The quantitative estimate of drug-likeness (QED) is 0.169. The summed E-state index contributed by atoms with van der Waals surface area (Å²) in [4.78, 5) is 20.1. The number of nitrogens with zero attached hydrogens (tertiary/aromatic N) is 7. The Kier molecular flexibility index (Phi) is 7.40. The maximum Gasteiger partial charge on any atom is 0.220 e. The maximum atomic E-state index is 5.17. The minimum absolute atomic E-state index is 0.624. The van der Waals surface area contributed by atoms with Crippen molar-refractivity contribution >= 4 is 49.7 Å². The Morgan fingerprint density at radius 1 is 0.288 bits per heavy atom. The summed E-state index contributed by atoms with van der Waals surface area (Å²) in [7, 11) is 0. The lowest BCUT2D eigenvalue weighted by Gasteiger charge is -2.12. The molecule has 0 radical (unpaired) electrons. The van der Waals surface area contributed by atoms with Gasteiger partial charge in [0.2, 0.25) is 5.78 Å². The molecular weight excluding hydrogens is 723 g/mol. The van der Waals surface area contributed by atoms with Crippen LogP contribution >= 0.6 is 0 Å². The number of imidazole rings is 2. The molecule has 0 fully saturated rings. The first-order chi connectivity index (χ1) is 29.2. The minimum Gasteiger partial charge on any atom is -0.309 e. The predicted octanol–water partition coefficient (Wildman–Crippen LogP) is 12.4. The Hall–Kier alpha value is -8.16. The zero-order valence-electron chi connectivity index (χ0n) is 31.7. The zero-order chi connectivity index (χ0) is 38.9. The number of hydrogen-bond acceptors (Lipinski definition) is 4. The molecule has 276 valence electrons. The van der Waals surface area contributed by atoms with Gasteiger partial charge in [0.25, 0.3) is 0 Å². The molecule has 0 saturated carbocycles. The number of aromatic nitrogens is 7. The van der Waals surface area contributed by atoms with Crippen molar-refractivity contribution in [2.24, 2.45) is 0 Å². The molecular formula is C52H33N7. The van der Waals surface area contributed by atoms with E-state index < -0.39 is 0 Å². The molecule has 0 atom stereocenters. The lowest BCUT2D eigenvalue weighted by Crippen LogP contribution is -2.01. The van der Waals surface area contributed by atoms with Crippen molar-refractivity contribution < 1.29 is 0 Å². The van der Waals surface area contributed by atoms with E-state index in [-0.39, 0.29) is 0 Å².